The van der Waals surface area contributed by atoms with Gasteiger partial charge in [0.1, 0.15) is 5.76 Å². The van der Waals surface area contributed by atoms with Crippen LogP contribution < -0.4 is 10.6 Å². The lowest BCUT2D eigenvalue weighted by Gasteiger charge is -2.06. The maximum Gasteiger partial charge on any atom is 0.315 e. The molecule has 1 heterocycles. The van der Waals surface area contributed by atoms with E-state index in [4.69, 9.17) is 16.0 Å². The molecule has 4 nitrogen and oxygen atoms in total. The molecule has 0 saturated carbocycles. The summed E-state index contributed by atoms with van der Waals surface area (Å²) in [4.78, 5) is 11.5. The molecule has 0 radical (unpaired) electrons. The number of halogens is 1. The minimum atomic E-state index is -0.244. The van der Waals surface area contributed by atoms with Crippen molar-refractivity contribution in [1.29, 1.82) is 0 Å². The van der Waals surface area contributed by atoms with Gasteiger partial charge in [-0.2, -0.15) is 0 Å². The number of hydrogen-bond donors (Lipinski definition) is 2. The average Bonchev–Trinajstić information content (AvgIpc) is 2.87. The van der Waals surface area contributed by atoms with Crippen molar-refractivity contribution in [3.8, 4) is 0 Å². The monoisotopic (exact) mass is 264 g/mol. The second-order valence-electron chi connectivity index (χ2n) is 3.75. The summed E-state index contributed by atoms with van der Waals surface area (Å²) in [6, 6.07) is 10.7. The van der Waals surface area contributed by atoms with E-state index in [0.29, 0.717) is 23.9 Å². The number of hydrogen-bond acceptors (Lipinski definition) is 2. The molecule has 0 unspecified atom stereocenters. The lowest BCUT2D eigenvalue weighted by Crippen LogP contribution is -2.34. The van der Waals surface area contributed by atoms with Crippen molar-refractivity contribution in [3.63, 3.8) is 0 Å². The van der Waals surface area contributed by atoms with Crippen molar-refractivity contribution in [1.82, 2.24) is 10.6 Å². The van der Waals surface area contributed by atoms with Gasteiger partial charge < -0.3 is 15.1 Å². The standard InChI is InChI=1S/C13H13ClN2O2/c14-11-4-1-3-10(7-11)8-15-13(17)16-9-12-5-2-6-18-12/h1-7H,8-9H2,(H2,15,16,17). The summed E-state index contributed by atoms with van der Waals surface area (Å²) in [6.07, 6.45) is 1.57. The van der Waals surface area contributed by atoms with Gasteiger partial charge in [0.2, 0.25) is 0 Å². The topological polar surface area (TPSA) is 54.3 Å². The first-order valence-electron chi connectivity index (χ1n) is 5.52. The van der Waals surface area contributed by atoms with Crippen LogP contribution in [0.25, 0.3) is 0 Å². The van der Waals surface area contributed by atoms with Crippen LogP contribution in [0.15, 0.2) is 47.1 Å². The number of carbonyl (C=O) groups is 1. The van der Waals surface area contributed by atoms with E-state index in [-0.39, 0.29) is 6.03 Å². The summed E-state index contributed by atoms with van der Waals surface area (Å²) >= 11 is 5.85. The molecule has 2 aromatic rings. The van der Waals surface area contributed by atoms with E-state index in [1.165, 1.54) is 0 Å². The van der Waals surface area contributed by atoms with Crippen LogP contribution in [-0.2, 0) is 13.1 Å². The van der Waals surface area contributed by atoms with Gasteiger partial charge in [0.05, 0.1) is 12.8 Å². The first-order chi connectivity index (χ1) is 8.74. The van der Waals surface area contributed by atoms with E-state index >= 15 is 0 Å². The normalized spacial score (nSPS) is 10.1. The predicted molar refractivity (Wildman–Crippen MR) is 69.2 cm³/mol. The molecule has 0 aliphatic rings. The van der Waals surface area contributed by atoms with Gasteiger partial charge in [-0.15, -0.1) is 0 Å². The van der Waals surface area contributed by atoms with Gasteiger partial charge in [-0.1, -0.05) is 23.7 Å². The van der Waals surface area contributed by atoms with E-state index in [1.54, 1.807) is 24.5 Å². The summed E-state index contributed by atoms with van der Waals surface area (Å²) < 4.78 is 5.10. The molecule has 2 amide bonds. The van der Waals surface area contributed by atoms with Gasteiger partial charge in [0.15, 0.2) is 0 Å². The Morgan fingerprint density at radius 3 is 2.72 bits per heavy atom. The quantitative estimate of drug-likeness (QED) is 0.892. The van der Waals surface area contributed by atoms with Gasteiger partial charge in [-0.05, 0) is 29.8 Å². The van der Waals surface area contributed by atoms with Crippen molar-refractivity contribution >= 4 is 17.6 Å². The van der Waals surface area contributed by atoms with Gasteiger partial charge in [0, 0.05) is 11.6 Å². The van der Waals surface area contributed by atoms with Gasteiger partial charge in [-0.25, -0.2) is 4.79 Å². The zero-order chi connectivity index (χ0) is 12.8. The maximum atomic E-state index is 11.5. The minimum absolute atomic E-state index is 0.244. The third-order valence-corrected chi connectivity index (χ3v) is 2.58. The van der Waals surface area contributed by atoms with Crippen LogP contribution in [0.2, 0.25) is 5.02 Å². The number of urea groups is 1. The lowest BCUT2D eigenvalue weighted by atomic mass is 10.2. The number of furan rings is 1. The number of amides is 2. The minimum Gasteiger partial charge on any atom is -0.467 e. The highest BCUT2D eigenvalue weighted by molar-refractivity contribution is 6.30. The third kappa shape index (κ3) is 3.82. The van der Waals surface area contributed by atoms with Crippen LogP contribution in [0.1, 0.15) is 11.3 Å². The largest absolute Gasteiger partial charge is 0.467 e. The molecular weight excluding hydrogens is 252 g/mol. The third-order valence-electron chi connectivity index (χ3n) is 2.35. The van der Waals surface area contributed by atoms with Crippen LogP contribution in [0.3, 0.4) is 0 Å². The van der Waals surface area contributed by atoms with Crippen molar-refractivity contribution in [3.05, 3.63) is 59.0 Å². The van der Waals surface area contributed by atoms with Crippen LogP contribution >= 0.6 is 11.6 Å². The van der Waals surface area contributed by atoms with Crippen molar-refractivity contribution in [2.45, 2.75) is 13.1 Å². The second-order valence-corrected chi connectivity index (χ2v) is 4.18. The molecule has 0 bridgehead atoms. The predicted octanol–water partition coefficient (Wildman–Crippen LogP) is 2.93. The Morgan fingerprint density at radius 2 is 2.00 bits per heavy atom. The summed E-state index contributed by atoms with van der Waals surface area (Å²) in [5, 5.41) is 6.09. The molecule has 94 valence electrons. The Balaban J connectivity index is 1.75. The molecule has 1 aromatic heterocycles. The number of carbonyl (C=O) groups excluding carboxylic acids is 1. The fourth-order valence-corrected chi connectivity index (χ4v) is 1.69. The molecule has 5 heteroatoms. The van der Waals surface area contributed by atoms with Crippen LogP contribution in [0, 0.1) is 0 Å². The maximum absolute atomic E-state index is 11.5. The number of rotatable bonds is 4. The zero-order valence-electron chi connectivity index (χ0n) is 9.65. The fourth-order valence-electron chi connectivity index (χ4n) is 1.47. The van der Waals surface area contributed by atoms with Crippen LogP contribution in [0.5, 0.6) is 0 Å². The summed E-state index contributed by atoms with van der Waals surface area (Å²) in [5.74, 6) is 0.716. The Morgan fingerprint density at radius 1 is 1.17 bits per heavy atom. The fraction of sp³-hybridized carbons (Fsp3) is 0.154. The molecule has 0 fully saturated rings. The van der Waals surface area contributed by atoms with E-state index in [0.717, 1.165) is 5.56 Å². The van der Waals surface area contributed by atoms with Gasteiger partial charge in [0.25, 0.3) is 0 Å². The first kappa shape index (κ1) is 12.5. The highest BCUT2D eigenvalue weighted by Gasteiger charge is 2.02. The van der Waals surface area contributed by atoms with Crippen LogP contribution in [-0.4, -0.2) is 6.03 Å². The smallest absolute Gasteiger partial charge is 0.315 e. The Kier molecular flexibility index (Phi) is 4.25. The van der Waals surface area contributed by atoms with E-state index < -0.39 is 0 Å². The molecule has 0 spiro atoms. The van der Waals surface area contributed by atoms with Gasteiger partial charge >= 0.3 is 6.03 Å². The zero-order valence-corrected chi connectivity index (χ0v) is 10.4. The Bertz CT molecular complexity index is 511. The molecule has 0 aliphatic heterocycles. The van der Waals surface area contributed by atoms with E-state index in [9.17, 15) is 4.79 Å². The number of nitrogens with one attached hydrogen (secondary N) is 2. The highest BCUT2D eigenvalue weighted by atomic mass is 35.5. The molecule has 0 aliphatic carbocycles. The SMILES string of the molecule is O=C(NCc1cccc(Cl)c1)NCc1ccco1. The molecule has 0 atom stereocenters. The summed E-state index contributed by atoms with van der Waals surface area (Å²) in [6.45, 7) is 0.804. The van der Waals surface area contributed by atoms with Crippen molar-refractivity contribution < 1.29 is 9.21 Å². The molecule has 0 saturated heterocycles. The molecule has 2 N–H and O–H groups in total. The van der Waals surface area contributed by atoms with Crippen molar-refractivity contribution in [2.75, 3.05) is 0 Å². The highest BCUT2D eigenvalue weighted by Crippen LogP contribution is 2.10. The number of benzene rings is 1. The molecule has 18 heavy (non-hydrogen) atoms. The van der Waals surface area contributed by atoms with Gasteiger partial charge in [-0.3, -0.25) is 0 Å². The molecule has 2 rings (SSSR count). The summed E-state index contributed by atoms with van der Waals surface area (Å²) in [5.41, 5.74) is 0.954. The van der Waals surface area contributed by atoms with Crippen molar-refractivity contribution in [2.24, 2.45) is 0 Å². The van der Waals surface area contributed by atoms with E-state index in [1.807, 2.05) is 18.2 Å². The Hall–Kier alpha value is -1.94. The summed E-state index contributed by atoms with van der Waals surface area (Å²) in [7, 11) is 0. The lowest BCUT2D eigenvalue weighted by molar-refractivity contribution is 0.239. The second kappa shape index (κ2) is 6.12. The molecular formula is C13H13ClN2O2. The van der Waals surface area contributed by atoms with E-state index in [2.05, 4.69) is 10.6 Å². The van der Waals surface area contributed by atoms with Crippen LogP contribution in [0.4, 0.5) is 4.79 Å². The molecule has 1 aromatic carbocycles. The first-order valence-corrected chi connectivity index (χ1v) is 5.90. The Labute approximate surface area is 110 Å². The average molecular weight is 265 g/mol.